The fraction of sp³-hybridized carbons (Fsp3) is 0.483. The average molecular weight is 648 g/mol. The third-order valence-corrected chi connectivity index (χ3v) is 13.0. The predicted molar refractivity (Wildman–Crippen MR) is 173 cm³/mol. The second-order valence-electron chi connectivity index (χ2n) is 11.5. The maximum atomic E-state index is 12.9. The van der Waals surface area contributed by atoms with Crippen LogP contribution < -0.4 is 20.3 Å². The molecular formula is C29H39ClN7O4PS. The van der Waals surface area contributed by atoms with Gasteiger partial charge in [0.25, 0.3) is 0 Å². The lowest BCUT2D eigenvalue weighted by Crippen LogP contribution is -2.48. The number of hydrogen-bond donors (Lipinski definition) is 2. The van der Waals surface area contributed by atoms with Crippen molar-refractivity contribution in [3.8, 4) is 5.75 Å². The van der Waals surface area contributed by atoms with Crippen molar-refractivity contribution in [3.05, 3.63) is 47.6 Å². The molecule has 2 fully saturated rings. The van der Waals surface area contributed by atoms with Crippen LogP contribution in [0.2, 0.25) is 5.15 Å². The topological polar surface area (TPSA) is 130 Å². The van der Waals surface area contributed by atoms with E-state index in [0.29, 0.717) is 23.2 Å². The van der Waals surface area contributed by atoms with Crippen LogP contribution in [-0.2, 0) is 14.4 Å². The van der Waals surface area contributed by atoms with E-state index in [0.717, 1.165) is 57.0 Å². The molecule has 2 aliphatic rings. The Kier molecular flexibility index (Phi) is 9.51. The van der Waals surface area contributed by atoms with Crippen molar-refractivity contribution in [1.82, 2.24) is 20.1 Å². The lowest BCUT2D eigenvalue weighted by Gasteiger charge is -2.42. The quantitative estimate of drug-likeness (QED) is 0.286. The molecule has 14 heteroatoms. The Morgan fingerprint density at radius 2 is 1.70 bits per heavy atom. The van der Waals surface area contributed by atoms with Crippen LogP contribution in [0, 0.1) is 0 Å². The maximum absolute atomic E-state index is 12.9. The molecule has 2 N–H and O–H groups in total. The maximum Gasteiger partial charge on any atom is 0.249 e. The first-order chi connectivity index (χ1) is 20.5. The zero-order valence-electron chi connectivity index (χ0n) is 25.0. The molecule has 232 valence electrons. The van der Waals surface area contributed by atoms with Gasteiger partial charge >= 0.3 is 0 Å². The molecule has 0 bridgehead atoms. The van der Waals surface area contributed by atoms with Crippen molar-refractivity contribution < 1.29 is 17.7 Å². The molecule has 0 saturated carbocycles. The van der Waals surface area contributed by atoms with E-state index < -0.39 is 22.2 Å². The molecule has 5 rings (SSSR count). The van der Waals surface area contributed by atoms with Gasteiger partial charge < -0.3 is 24.8 Å². The summed E-state index contributed by atoms with van der Waals surface area (Å²) in [5, 5.41) is 13.7. The molecule has 1 aromatic heterocycles. The van der Waals surface area contributed by atoms with Crippen molar-refractivity contribution >= 4 is 57.4 Å². The molecule has 11 nitrogen and oxygen atoms in total. The number of aromatic nitrogens is 3. The van der Waals surface area contributed by atoms with E-state index in [2.05, 4.69) is 35.6 Å². The second kappa shape index (κ2) is 13.0. The molecule has 3 aromatic rings. The second-order valence-corrected chi connectivity index (χ2v) is 17.8. The summed E-state index contributed by atoms with van der Waals surface area (Å²) in [5.74, 6) is 0.955. The Hall–Kier alpha value is -2.92. The Morgan fingerprint density at radius 1 is 1.00 bits per heavy atom. The normalized spacial score (nSPS) is 18.0. The van der Waals surface area contributed by atoms with Crippen molar-refractivity contribution in [3.63, 3.8) is 0 Å². The fourth-order valence-electron chi connectivity index (χ4n) is 5.50. The molecular weight excluding hydrogens is 609 g/mol. The monoisotopic (exact) mass is 647 g/mol. The molecule has 0 spiro atoms. The Labute approximate surface area is 258 Å². The highest BCUT2D eigenvalue weighted by Crippen LogP contribution is 2.44. The first-order valence-electron chi connectivity index (χ1n) is 14.5. The van der Waals surface area contributed by atoms with Gasteiger partial charge in [-0.1, -0.05) is 23.7 Å². The van der Waals surface area contributed by atoms with Crippen LogP contribution in [0.4, 0.5) is 28.8 Å². The van der Waals surface area contributed by atoms with E-state index in [1.54, 1.807) is 45.2 Å². The van der Waals surface area contributed by atoms with E-state index in [1.165, 1.54) is 0 Å². The number of anilines is 5. The summed E-state index contributed by atoms with van der Waals surface area (Å²) in [7, 11) is -3.87. The lowest BCUT2D eigenvalue weighted by atomic mass is 10.0. The van der Waals surface area contributed by atoms with Crippen LogP contribution >= 0.6 is 18.7 Å². The fourth-order valence-corrected chi connectivity index (χ4v) is 8.42. The van der Waals surface area contributed by atoms with Gasteiger partial charge in [0.2, 0.25) is 5.95 Å². The Morgan fingerprint density at radius 3 is 2.37 bits per heavy atom. The van der Waals surface area contributed by atoms with Gasteiger partial charge in [-0.3, -0.25) is 4.90 Å². The highest BCUT2D eigenvalue weighted by molar-refractivity contribution is 7.92. The van der Waals surface area contributed by atoms with E-state index in [9.17, 15) is 13.0 Å². The number of hydrogen-bond acceptors (Lipinski definition) is 11. The Bertz CT molecular complexity index is 1600. The molecule has 2 aromatic carbocycles. The van der Waals surface area contributed by atoms with Crippen LogP contribution in [0.3, 0.4) is 0 Å². The lowest BCUT2D eigenvalue weighted by molar-refractivity contribution is 0.182. The summed E-state index contributed by atoms with van der Waals surface area (Å²) in [6.07, 6.45) is 3.79. The molecule has 0 amide bonds. The minimum atomic E-state index is -3.55. The van der Waals surface area contributed by atoms with Crippen LogP contribution in [0.5, 0.6) is 5.75 Å². The number of halogens is 1. The summed E-state index contributed by atoms with van der Waals surface area (Å²) in [6.45, 7) is 8.96. The average Bonchev–Trinajstić information content (AvgIpc) is 2.99. The zero-order chi connectivity index (χ0) is 30.8. The number of ether oxygens (including phenoxy) is 1. The molecule has 43 heavy (non-hydrogen) atoms. The highest BCUT2D eigenvalue weighted by atomic mass is 35.5. The van der Waals surface area contributed by atoms with E-state index in [-0.39, 0.29) is 21.8 Å². The Balaban J connectivity index is 1.28. The zero-order valence-corrected chi connectivity index (χ0v) is 27.4. The first kappa shape index (κ1) is 31.5. The summed E-state index contributed by atoms with van der Waals surface area (Å²) in [6, 6.07) is 13.1. The van der Waals surface area contributed by atoms with Gasteiger partial charge in [0.1, 0.15) is 5.75 Å². The van der Waals surface area contributed by atoms with Gasteiger partial charge in [-0.15, -0.1) is 10.2 Å². The van der Waals surface area contributed by atoms with E-state index in [4.69, 9.17) is 16.3 Å². The number of methoxy groups -OCH3 is 1. The minimum absolute atomic E-state index is 0.00118. The molecule has 0 atom stereocenters. The minimum Gasteiger partial charge on any atom is -0.494 e. The number of benzene rings is 2. The van der Waals surface area contributed by atoms with Crippen LogP contribution in [0.1, 0.15) is 26.7 Å². The first-order valence-corrected chi connectivity index (χ1v) is 18.9. The van der Waals surface area contributed by atoms with Crippen molar-refractivity contribution in [2.45, 2.75) is 42.9 Å². The van der Waals surface area contributed by atoms with Crippen LogP contribution in [0.25, 0.3) is 0 Å². The highest BCUT2D eigenvalue weighted by Gasteiger charge is 2.31. The molecule has 3 heterocycles. The number of piperidine rings is 1. The van der Waals surface area contributed by atoms with Gasteiger partial charge in [0, 0.05) is 56.3 Å². The van der Waals surface area contributed by atoms with Gasteiger partial charge in [-0.2, -0.15) is 4.98 Å². The molecule has 0 aliphatic carbocycles. The SMILES string of the molecule is COc1cc(N2CCC(N3CCP(C)(=O)CC3)CC2)ccc1Nc1nnc(Cl)c(Nc2ccccc2S(=O)(=O)C(C)C)n1. The van der Waals surface area contributed by atoms with Gasteiger partial charge in [-0.25, -0.2) is 8.42 Å². The van der Waals surface area contributed by atoms with Gasteiger partial charge in [0.15, 0.2) is 20.8 Å². The third-order valence-electron chi connectivity index (χ3n) is 8.21. The van der Waals surface area contributed by atoms with Crippen molar-refractivity contribution in [1.29, 1.82) is 0 Å². The van der Waals surface area contributed by atoms with Crippen LogP contribution in [0.15, 0.2) is 47.4 Å². The molecule has 2 saturated heterocycles. The molecule has 0 unspecified atom stereocenters. The number of nitrogens with zero attached hydrogens (tertiary/aromatic N) is 5. The van der Waals surface area contributed by atoms with Gasteiger partial charge in [-0.05, 0) is 57.6 Å². The standard InChI is InChI=1S/C29H39ClN7O4PS/c1-20(2)43(39,40)26-8-6-5-7-24(26)31-28-27(30)34-35-29(33-28)32-23-10-9-22(19-25(23)41-3)36-13-11-21(12-14-36)37-15-17-42(4,38)18-16-37/h5-10,19-21H,11-18H2,1-4H3,(H2,31,32,33,35). The van der Waals surface area contributed by atoms with Gasteiger partial charge in [0.05, 0.1) is 35.8 Å². The summed E-state index contributed by atoms with van der Waals surface area (Å²) in [5.41, 5.74) is 2.07. The largest absolute Gasteiger partial charge is 0.494 e. The number of rotatable bonds is 9. The third kappa shape index (κ3) is 7.25. The summed E-state index contributed by atoms with van der Waals surface area (Å²) < 4.78 is 43.9. The summed E-state index contributed by atoms with van der Waals surface area (Å²) in [4.78, 5) is 9.51. The summed E-state index contributed by atoms with van der Waals surface area (Å²) >= 11 is 6.29. The number of nitrogens with one attached hydrogen (secondary N) is 2. The smallest absolute Gasteiger partial charge is 0.249 e. The molecule has 0 radical (unpaired) electrons. The number of para-hydroxylation sites is 1. The number of sulfone groups is 1. The van der Waals surface area contributed by atoms with Crippen molar-refractivity contribution in [2.24, 2.45) is 0 Å². The predicted octanol–water partition coefficient (Wildman–Crippen LogP) is 5.48. The van der Waals surface area contributed by atoms with E-state index >= 15 is 0 Å². The van der Waals surface area contributed by atoms with Crippen molar-refractivity contribution in [2.75, 3.05) is 67.8 Å². The van der Waals surface area contributed by atoms with Crippen LogP contribution in [-0.4, -0.2) is 92.1 Å². The van der Waals surface area contributed by atoms with E-state index in [1.807, 2.05) is 24.9 Å². The molecule has 2 aliphatic heterocycles.